The minimum atomic E-state index is -0.665. The lowest BCUT2D eigenvalue weighted by Crippen LogP contribution is -2.40. The van der Waals surface area contributed by atoms with Gasteiger partial charge in [0.1, 0.15) is 17.4 Å². The molecule has 152 valence electrons. The van der Waals surface area contributed by atoms with Gasteiger partial charge in [0.05, 0.1) is 18.6 Å². The molecule has 2 N–H and O–H groups in total. The average molecular weight is 400 g/mol. The molecular weight excluding hydrogens is 378 g/mol. The van der Waals surface area contributed by atoms with Crippen LogP contribution in [0.3, 0.4) is 0 Å². The highest BCUT2D eigenvalue weighted by Gasteiger charge is 2.30. The summed E-state index contributed by atoms with van der Waals surface area (Å²) in [4.78, 5) is 24.4. The van der Waals surface area contributed by atoms with Crippen molar-refractivity contribution in [1.29, 1.82) is 0 Å². The van der Waals surface area contributed by atoms with E-state index in [1.807, 2.05) is 12.1 Å². The topological polar surface area (TPSA) is 67.4 Å². The Morgan fingerprint density at radius 3 is 2.48 bits per heavy atom. The monoisotopic (exact) mass is 400 g/mol. The van der Waals surface area contributed by atoms with Gasteiger partial charge in [0, 0.05) is 29.8 Å². The van der Waals surface area contributed by atoms with Crippen LogP contribution in [0.1, 0.15) is 54.1 Å². The third kappa shape index (κ3) is 4.55. The molecule has 29 heavy (non-hydrogen) atoms. The van der Waals surface area contributed by atoms with Crippen molar-refractivity contribution in [2.75, 3.05) is 0 Å². The molecule has 0 bridgehead atoms. The van der Waals surface area contributed by atoms with E-state index in [9.17, 15) is 18.4 Å². The largest absolute Gasteiger partial charge is 0.490 e. The molecule has 1 saturated carbocycles. The van der Waals surface area contributed by atoms with Gasteiger partial charge in [-0.25, -0.2) is 8.78 Å². The van der Waals surface area contributed by atoms with Crippen LogP contribution in [-0.4, -0.2) is 24.0 Å². The Labute approximate surface area is 167 Å². The van der Waals surface area contributed by atoms with Crippen molar-refractivity contribution in [3.05, 3.63) is 65.2 Å². The summed E-state index contributed by atoms with van der Waals surface area (Å²) in [7, 11) is 0. The van der Waals surface area contributed by atoms with Crippen LogP contribution < -0.4 is 15.4 Å². The molecule has 0 spiro atoms. The smallest absolute Gasteiger partial charge is 0.252 e. The normalized spacial score (nSPS) is 23.2. The molecule has 4 rings (SSSR count). The lowest BCUT2D eigenvalue weighted by molar-refractivity contribution is -0.122. The number of hydrogen-bond acceptors (Lipinski definition) is 3. The fourth-order valence-corrected chi connectivity index (χ4v) is 4.07. The second-order valence-corrected chi connectivity index (χ2v) is 7.58. The molecule has 1 atom stereocenters. The zero-order valence-corrected chi connectivity index (χ0v) is 15.8. The summed E-state index contributed by atoms with van der Waals surface area (Å²) in [6.45, 7) is 0. The molecule has 7 heteroatoms. The first-order valence-electron chi connectivity index (χ1n) is 9.80. The maximum absolute atomic E-state index is 13.3. The van der Waals surface area contributed by atoms with Crippen LogP contribution in [0, 0.1) is 11.6 Å². The molecule has 0 aromatic heterocycles. The van der Waals surface area contributed by atoms with Crippen molar-refractivity contribution in [3.63, 3.8) is 0 Å². The van der Waals surface area contributed by atoms with Gasteiger partial charge in [0.15, 0.2) is 0 Å². The Kier molecular flexibility index (Phi) is 5.47. The molecule has 0 radical (unpaired) electrons. The van der Waals surface area contributed by atoms with Gasteiger partial charge >= 0.3 is 0 Å². The van der Waals surface area contributed by atoms with E-state index in [-0.39, 0.29) is 42.2 Å². The Morgan fingerprint density at radius 2 is 1.76 bits per heavy atom. The molecule has 0 saturated heterocycles. The summed E-state index contributed by atoms with van der Waals surface area (Å²) in [5.41, 5.74) is 1.48. The number of ether oxygens (including phenoxy) is 1. The van der Waals surface area contributed by atoms with Gasteiger partial charge in [-0.3, -0.25) is 9.59 Å². The standard InChI is InChI=1S/C22H22F2N2O3/c23-13-9-14(24)11-17(10-13)29-16-7-5-15(6-8-16)25-21(27)12-20-18-3-1-2-4-19(18)22(28)26-20/h1-4,9-11,15-16,20H,5-8,12H2,(H,25,27)(H,26,28). The first-order valence-corrected chi connectivity index (χ1v) is 9.80. The second-order valence-electron chi connectivity index (χ2n) is 7.58. The lowest BCUT2D eigenvalue weighted by atomic mass is 9.92. The summed E-state index contributed by atoms with van der Waals surface area (Å²) in [5.74, 6) is -1.40. The molecule has 1 unspecified atom stereocenters. The highest BCUT2D eigenvalue weighted by Crippen LogP contribution is 2.28. The summed E-state index contributed by atoms with van der Waals surface area (Å²) < 4.78 is 32.2. The van der Waals surface area contributed by atoms with Crippen LogP contribution in [0.4, 0.5) is 8.78 Å². The van der Waals surface area contributed by atoms with Crippen LogP contribution in [0.2, 0.25) is 0 Å². The fraction of sp³-hybridized carbons (Fsp3) is 0.364. The number of benzene rings is 2. The van der Waals surface area contributed by atoms with E-state index in [2.05, 4.69) is 10.6 Å². The van der Waals surface area contributed by atoms with Gasteiger partial charge in [-0.1, -0.05) is 18.2 Å². The van der Waals surface area contributed by atoms with Gasteiger partial charge in [-0.15, -0.1) is 0 Å². The van der Waals surface area contributed by atoms with E-state index in [1.54, 1.807) is 12.1 Å². The van der Waals surface area contributed by atoms with Crippen LogP contribution >= 0.6 is 0 Å². The van der Waals surface area contributed by atoms with E-state index < -0.39 is 11.6 Å². The second kappa shape index (κ2) is 8.19. The van der Waals surface area contributed by atoms with Gasteiger partial charge in [0.2, 0.25) is 5.91 Å². The van der Waals surface area contributed by atoms with Gasteiger partial charge in [-0.05, 0) is 37.3 Å². The number of halogens is 2. The summed E-state index contributed by atoms with van der Waals surface area (Å²) >= 11 is 0. The molecule has 2 aliphatic rings. The van der Waals surface area contributed by atoms with Crippen LogP contribution in [0.25, 0.3) is 0 Å². The van der Waals surface area contributed by atoms with Crippen LogP contribution in [0.15, 0.2) is 42.5 Å². The molecule has 1 aliphatic heterocycles. The van der Waals surface area contributed by atoms with Gasteiger partial charge in [0.25, 0.3) is 5.91 Å². The Balaban J connectivity index is 1.26. The molecule has 2 aromatic carbocycles. The molecule has 1 aliphatic carbocycles. The van der Waals surface area contributed by atoms with Crippen molar-refractivity contribution in [3.8, 4) is 5.75 Å². The summed E-state index contributed by atoms with van der Waals surface area (Å²) in [6.07, 6.45) is 2.88. The summed E-state index contributed by atoms with van der Waals surface area (Å²) in [6, 6.07) is 10.2. The number of hydrogen-bond donors (Lipinski definition) is 2. The third-order valence-corrected chi connectivity index (χ3v) is 5.45. The van der Waals surface area contributed by atoms with E-state index in [4.69, 9.17) is 4.74 Å². The Bertz CT molecular complexity index is 906. The molecule has 1 fully saturated rings. The number of amides is 2. The van der Waals surface area contributed by atoms with Gasteiger partial charge in [-0.2, -0.15) is 0 Å². The predicted octanol–water partition coefficient (Wildman–Crippen LogP) is 3.65. The van der Waals surface area contributed by atoms with Crippen molar-refractivity contribution in [1.82, 2.24) is 10.6 Å². The SMILES string of the molecule is O=C(CC1NC(=O)c2ccccc21)NC1CCC(Oc2cc(F)cc(F)c2)CC1. The average Bonchev–Trinajstić information content (AvgIpc) is 2.98. The minimum absolute atomic E-state index is 0.0268. The highest BCUT2D eigenvalue weighted by atomic mass is 19.1. The highest BCUT2D eigenvalue weighted by molar-refractivity contribution is 5.99. The molecule has 5 nitrogen and oxygen atoms in total. The van der Waals surface area contributed by atoms with Crippen molar-refractivity contribution < 1.29 is 23.1 Å². The molecule has 2 amide bonds. The summed E-state index contributed by atoms with van der Waals surface area (Å²) in [5, 5.41) is 5.88. The van der Waals surface area contributed by atoms with Crippen molar-refractivity contribution in [2.45, 2.75) is 50.3 Å². The number of fused-ring (bicyclic) bond motifs is 1. The minimum Gasteiger partial charge on any atom is -0.490 e. The van der Waals surface area contributed by atoms with Crippen LogP contribution in [-0.2, 0) is 4.79 Å². The molecular formula is C22H22F2N2O3. The first kappa shape index (κ1) is 19.4. The third-order valence-electron chi connectivity index (χ3n) is 5.45. The Morgan fingerprint density at radius 1 is 1.07 bits per heavy atom. The van der Waals surface area contributed by atoms with Crippen molar-refractivity contribution >= 4 is 11.8 Å². The first-order chi connectivity index (χ1) is 14.0. The van der Waals surface area contributed by atoms with E-state index in [1.165, 1.54) is 12.1 Å². The lowest BCUT2D eigenvalue weighted by Gasteiger charge is -2.30. The quantitative estimate of drug-likeness (QED) is 0.805. The fourth-order valence-electron chi connectivity index (χ4n) is 4.07. The maximum Gasteiger partial charge on any atom is 0.252 e. The molecule has 1 heterocycles. The van der Waals surface area contributed by atoms with E-state index >= 15 is 0 Å². The Hall–Kier alpha value is -2.96. The predicted molar refractivity (Wildman–Crippen MR) is 102 cm³/mol. The maximum atomic E-state index is 13.3. The number of carbonyl (C=O) groups excluding carboxylic acids is 2. The van der Waals surface area contributed by atoms with Crippen molar-refractivity contribution in [2.24, 2.45) is 0 Å². The number of carbonyl (C=O) groups is 2. The number of rotatable bonds is 5. The zero-order chi connectivity index (χ0) is 20.4. The number of nitrogens with one attached hydrogen (secondary N) is 2. The van der Waals surface area contributed by atoms with Crippen LogP contribution in [0.5, 0.6) is 5.75 Å². The zero-order valence-electron chi connectivity index (χ0n) is 15.8. The van der Waals surface area contributed by atoms with E-state index in [0.717, 1.165) is 24.5 Å². The molecule has 2 aromatic rings. The van der Waals surface area contributed by atoms with Gasteiger partial charge < -0.3 is 15.4 Å². The van der Waals surface area contributed by atoms with E-state index in [0.29, 0.717) is 18.4 Å².